The van der Waals surface area contributed by atoms with Crippen molar-refractivity contribution < 1.29 is 16.8 Å². The molecule has 0 atom stereocenters. The lowest BCUT2D eigenvalue weighted by Crippen LogP contribution is -2.15. The van der Waals surface area contributed by atoms with Gasteiger partial charge in [-0.3, -0.25) is 0 Å². The van der Waals surface area contributed by atoms with Crippen molar-refractivity contribution in [1.82, 2.24) is 4.98 Å². The molecule has 0 spiro atoms. The molecule has 0 aromatic carbocycles. The van der Waals surface area contributed by atoms with E-state index >= 15 is 0 Å². The van der Waals surface area contributed by atoms with E-state index < -0.39 is 30.4 Å². The van der Waals surface area contributed by atoms with Gasteiger partial charge in [-0.2, -0.15) is 0 Å². The lowest BCUT2D eigenvalue weighted by molar-refractivity contribution is 0.589. The number of hydrogen-bond donors (Lipinski definition) is 0. The zero-order valence-corrected chi connectivity index (χ0v) is 12.7. The Bertz CT molecular complexity index is 627. The maximum absolute atomic E-state index is 11.7. The fourth-order valence-electron chi connectivity index (χ4n) is 1.01. The summed E-state index contributed by atoms with van der Waals surface area (Å²) >= 11 is 3.19. The van der Waals surface area contributed by atoms with Gasteiger partial charge in [-0.1, -0.05) is 0 Å². The van der Waals surface area contributed by atoms with Crippen molar-refractivity contribution in [2.75, 3.05) is 11.5 Å². The highest BCUT2D eigenvalue weighted by Gasteiger charge is 2.20. The average Bonchev–Trinajstić information content (AvgIpc) is 2.18. The minimum absolute atomic E-state index is 0.154. The predicted molar refractivity (Wildman–Crippen MR) is 68.4 cm³/mol. The van der Waals surface area contributed by atoms with Crippen LogP contribution in [0.5, 0.6) is 0 Å². The first-order valence-corrected chi connectivity index (χ1v) is 9.32. The van der Waals surface area contributed by atoms with Crippen LogP contribution in [0.4, 0.5) is 0 Å². The van der Waals surface area contributed by atoms with Crippen LogP contribution in [0, 0.1) is 6.92 Å². The molecule has 17 heavy (non-hydrogen) atoms. The van der Waals surface area contributed by atoms with Gasteiger partial charge in [0.1, 0.15) is 0 Å². The quantitative estimate of drug-likeness (QED) is 0.758. The molecule has 1 aromatic heterocycles. The monoisotopic (exact) mass is 361 g/mol. The molecule has 0 N–H and O–H groups in total. The molecule has 96 valence electrons. The van der Waals surface area contributed by atoms with Gasteiger partial charge in [-0.05, 0) is 35.0 Å². The van der Waals surface area contributed by atoms with Crippen molar-refractivity contribution >= 4 is 45.5 Å². The van der Waals surface area contributed by atoms with Gasteiger partial charge in [-0.25, -0.2) is 21.8 Å². The molecule has 1 aromatic rings. The van der Waals surface area contributed by atoms with Crippen LogP contribution >= 0.6 is 26.6 Å². The second-order valence-corrected chi connectivity index (χ2v) is 9.09. The topological polar surface area (TPSA) is 81.2 Å². The first kappa shape index (κ1) is 14.9. The summed E-state index contributed by atoms with van der Waals surface area (Å²) in [5, 5.41) is -0.154. The van der Waals surface area contributed by atoms with Crippen molar-refractivity contribution in [2.45, 2.75) is 11.9 Å². The Balaban J connectivity index is 3.02. The number of nitrogens with zero attached hydrogens (tertiary/aromatic N) is 1. The molecule has 9 heteroatoms. The Kier molecular flexibility index (Phi) is 4.56. The van der Waals surface area contributed by atoms with Crippen LogP contribution in [0.15, 0.2) is 21.6 Å². The number of halogens is 2. The van der Waals surface area contributed by atoms with Gasteiger partial charge >= 0.3 is 0 Å². The average molecular weight is 363 g/mol. The van der Waals surface area contributed by atoms with Crippen molar-refractivity contribution in [1.29, 1.82) is 0 Å². The number of rotatable bonds is 4. The summed E-state index contributed by atoms with van der Waals surface area (Å²) in [5.74, 6) is -1.21. The normalized spacial score (nSPS) is 12.6. The van der Waals surface area contributed by atoms with Crippen LogP contribution in [0.25, 0.3) is 0 Å². The summed E-state index contributed by atoms with van der Waals surface area (Å²) in [7, 11) is -2.59. The number of aryl methyl sites for hydroxylation is 1. The molecule has 0 bridgehead atoms. The van der Waals surface area contributed by atoms with Crippen molar-refractivity contribution in [3.05, 3.63) is 22.3 Å². The fraction of sp³-hybridized carbons (Fsp3) is 0.375. The van der Waals surface area contributed by atoms with Gasteiger partial charge in [0.15, 0.2) is 14.9 Å². The van der Waals surface area contributed by atoms with Crippen molar-refractivity contribution in [3.8, 4) is 0 Å². The molecule has 5 nitrogen and oxygen atoms in total. The van der Waals surface area contributed by atoms with Crippen molar-refractivity contribution in [2.24, 2.45) is 0 Å². The fourth-order valence-corrected chi connectivity index (χ4v) is 4.23. The highest BCUT2D eigenvalue weighted by molar-refractivity contribution is 9.10. The summed E-state index contributed by atoms with van der Waals surface area (Å²) < 4.78 is 45.6. The summed E-state index contributed by atoms with van der Waals surface area (Å²) in [6, 6.07) is 2.86. The molecular formula is C8H9BrClNO4S2. The molecule has 0 saturated heterocycles. The Hall–Kier alpha value is -0.180. The van der Waals surface area contributed by atoms with E-state index in [9.17, 15) is 16.8 Å². The molecule has 0 aliphatic carbocycles. The van der Waals surface area contributed by atoms with Gasteiger partial charge in [0.2, 0.25) is 9.05 Å². The van der Waals surface area contributed by atoms with E-state index in [0.717, 1.165) is 0 Å². The minimum Gasteiger partial charge on any atom is -0.240 e. The first-order valence-electron chi connectivity index (χ1n) is 4.40. The standard InChI is InChI=1S/C8H9BrClNO4S2/c1-6-7(9)2-3-8(11-6)16(12,13)4-5-17(10,14)15/h2-3H,4-5H2,1H3. The van der Waals surface area contributed by atoms with Crippen molar-refractivity contribution in [3.63, 3.8) is 0 Å². The number of hydrogen-bond acceptors (Lipinski definition) is 5. The highest BCUT2D eigenvalue weighted by Crippen LogP contribution is 2.17. The molecule has 0 amide bonds. The zero-order valence-electron chi connectivity index (χ0n) is 8.72. The van der Waals surface area contributed by atoms with Gasteiger partial charge in [0, 0.05) is 15.2 Å². The van der Waals surface area contributed by atoms with Gasteiger partial charge in [0.25, 0.3) is 0 Å². The van der Waals surface area contributed by atoms with E-state index in [1.54, 1.807) is 13.0 Å². The Labute approximate surface area is 113 Å². The van der Waals surface area contributed by atoms with Gasteiger partial charge < -0.3 is 0 Å². The third kappa shape index (κ3) is 4.53. The molecule has 0 saturated carbocycles. The van der Waals surface area contributed by atoms with Crippen LogP contribution < -0.4 is 0 Å². The summed E-state index contributed by atoms with van der Waals surface area (Å²) in [6.07, 6.45) is 0. The van der Waals surface area contributed by atoms with E-state index in [-0.39, 0.29) is 5.03 Å². The summed E-state index contributed by atoms with van der Waals surface area (Å²) in [4.78, 5) is 3.87. The second kappa shape index (κ2) is 5.21. The van der Waals surface area contributed by atoms with Crippen LogP contribution in [0.2, 0.25) is 0 Å². The Morgan fingerprint density at radius 1 is 1.24 bits per heavy atom. The maximum atomic E-state index is 11.7. The molecular weight excluding hydrogens is 354 g/mol. The Morgan fingerprint density at radius 2 is 1.82 bits per heavy atom. The zero-order chi connectivity index (χ0) is 13.3. The van der Waals surface area contributed by atoms with E-state index in [4.69, 9.17) is 10.7 Å². The minimum atomic E-state index is -3.83. The third-order valence-electron chi connectivity index (χ3n) is 1.91. The predicted octanol–water partition coefficient (Wildman–Crippen LogP) is 1.49. The highest BCUT2D eigenvalue weighted by atomic mass is 79.9. The second-order valence-electron chi connectivity index (χ2n) is 3.28. The van der Waals surface area contributed by atoms with E-state index in [1.165, 1.54) is 6.07 Å². The van der Waals surface area contributed by atoms with Crippen LogP contribution in [0.3, 0.4) is 0 Å². The number of pyridine rings is 1. The van der Waals surface area contributed by atoms with E-state index in [0.29, 0.717) is 10.2 Å². The van der Waals surface area contributed by atoms with Gasteiger partial charge in [-0.15, -0.1) is 0 Å². The number of sulfone groups is 1. The summed E-state index contributed by atoms with van der Waals surface area (Å²) in [6.45, 7) is 1.64. The molecule has 0 fully saturated rings. The number of aromatic nitrogens is 1. The third-order valence-corrected chi connectivity index (χ3v) is 5.77. The molecule has 0 unspecified atom stereocenters. The lowest BCUT2D eigenvalue weighted by atomic mass is 10.4. The SMILES string of the molecule is Cc1nc(S(=O)(=O)CCS(=O)(=O)Cl)ccc1Br. The maximum Gasteiger partial charge on any atom is 0.233 e. The molecule has 1 rings (SSSR count). The molecule has 1 heterocycles. The summed E-state index contributed by atoms with van der Waals surface area (Å²) in [5.41, 5.74) is 0.514. The lowest BCUT2D eigenvalue weighted by Gasteiger charge is -2.04. The molecule has 0 aliphatic rings. The van der Waals surface area contributed by atoms with Gasteiger partial charge in [0.05, 0.1) is 17.2 Å². The van der Waals surface area contributed by atoms with Crippen LogP contribution in [-0.4, -0.2) is 33.3 Å². The smallest absolute Gasteiger partial charge is 0.233 e. The largest absolute Gasteiger partial charge is 0.240 e. The van der Waals surface area contributed by atoms with E-state index in [1.807, 2.05) is 0 Å². The van der Waals surface area contributed by atoms with Crippen LogP contribution in [0.1, 0.15) is 5.69 Å². The molecule has 0 aliphatic heterocycles. The first-order chi connectivity index (χ1) is 7.62. The molecule has 0 radical (unpaired) electrons. The van der Waals surface area contributed by atoms with Crippen LogP contribution in [-0.2, 0) is 18.9 Å². The Morgan fingerprint density at radius 3 is 2.29 bits per heavy atom. The van der Waals surface area contributed by atoms with E-state index in [2.05, 4.69) is 20.9 Å².